The third kappa shape index (κ3) is 4.72. The molecule has 3 heterocycles. The lowest BCUT2D eigenvalue weighted by Gasteiger charge is -2.30. The quantitative estimate of drug-likeness (QED) is 0.410. The van der Waals surface area contributed by atoms with Gasteiger partial charge in [-0.25, -0.2) is 0 Å². The molecule has 3 aromatic rings. The van der Waals surface area contributed by atoms with E-state index in [4.69, 9.17) is 0 Å². The van der Waals surface area contributed by atoms with Crippen LogP contribution < -0.4 is 4.90 Å². The van der Waals surface area contributed by atoms with E-state index < -0.39 is 0 Å². The van der Waals surface area contributed by atoms with Gasteiger partial charge in [0.15, 0.2) is 0 Å². The molecule has 0 bridgehead atoms. The summed E-state index contributed by atoms with van der Waals surface area (Å²) >= 11 is 0. The molecule has 2 amide bonds. The number of carbonyl (C=O) groups is 2. The van der Waals surface area contributed by atoms with E-state index in [-0.39, 0.29) is 11.8 Å². The molecule has 1 saturated heterocycles. The van der Waals surface area contributed by atoms with Crippen molar-refractivity contribution in [2.45, 2.75) is 70.9 Å². The Morgan fingerprint density at radius 2 is 1.49 bits per heavy atom. The predicted octanol–water partition coefficient (Wildman–Crippen LogP) is 6.62. The van der Waals surface area contributed by atoms with E-state index in [9.17, 15) is 9.59 Å². The fourth-order valence-corrected chi connectivity index (χ4v) is 6.39. The van der Waals surface area contributed by atoms with Crippen LogP contribution in [0.1, 0.15) is 95.5 Å². The number of rotatable bonds is 3. The molecule has 5 nitrogen and oxygen atoms in total. The molecule has 2 aromatic carbocycles. The van der Waals surface area contributed by atoms with Crippen LogP contribution in [0.5, 0.6) is 0 Å². The summed E-state index contributed by atoms with van der Waals surface area (Å²) in [6, 6.07) is 20.4. The van der Waals surface area contributed by atoms with Crippen molar-refractivity contribution in [2.75, 3.05) is 18.0 Å². The average molecular weight is 496 g/mol. The molecule has 0 unspecified atom stereocenters. The number of hydrogen-bond acceptors (Lipinski definition) is 2. The zero-order valence-electron chi connectivity index (χ0n) is 21.9. The number of nitrogens with zero attached hydrogens (tertiary/aromatic N) is 3. The molecule has 37 heavy (non-hydrogen) atoms. The van der Waals surface area contributed by atoms with Crippen LogP contribution in [-0.4, -0.2) is 34.4 Å². The number of fused-ring (bicyclic) bond motifs is 2. The highest BCUT2D eigenvalue weighted by atomic mass is 16.2. The summed E-state index contributed by atoms with van der Waals surface area (Å²) in [6.45, 7) is 4.94. The van der Waals surface area contributed by atoms with Crippen molar-refractivity contribution >= 4 is 17.5 Å². The first-order valence-electron chi connectivity index (χ1n) is 14.1. The summed E-state index contributed by atoms with van der Waals surface area (Å²) in [5, 5.41) is 0. The molecule has 5 heteroatoms. The zero-order valence-corrected chi connectivity index (χ0v) is 21.9. The van der Waals surface area contributed by atoms with Gasteiger partial charge in [-0.05, 0) is 79.0 Å². The number of para-hydroxylation sites is 1. The molecular weight excluding hydrogens is 458 g/mol. The Bertz CT molecular complexity index is 1280. The number of piperidine rings is 1. The average Bonchev–Trinajstić information content (AvgIpc) is 3.26. The van der Waals surface area contributed by atoms with Gasteiger partial charge in [0.2, 0.25) is 0 Å². The molecule has 6 rings (SSSR count). The first-order chi connectivity index (χ1) is 18.1. The molecular formula is C32H37N3O2. The summed E-state index contributed by atoms with van der Waals surface area (Å²) in [5.41, 5.74) is 5.79. The van der Waals surface area contributed by atoms with E-state index >= 15 is 0 Å². The fraction of sp³-hybridized carbons (Fsp3) is 0.438. The Morgan fingerprint density at radius 3 is 2.24 bits per heavy atom. The number of amides is 2. The number of hydrogen-bond donors (Lipinski definition) is 0. The Morgan fingerprint density at radius 1 is 0.757 bits per heavy atom. The van der Waals surface area contributed by atoms with Gasteiger partial charge >= 0.3 is 0 Å². The summed E-state index contributed by atoms with van der Waals surface area (Å²) in [4.78, 5) is 31.2. The lowest BCUT2D eigenvalue weighted by atomic mass is 9.84. The van der Waals surface area contributed by atoms with Crippen LogP contribution in [0.2, 0.25) is 0 Å². The highest BCUT2D eigenvalue weighted by molar-refractivity contribution is 6.06. The molecule has 0 N–H and O–H groups in total. The Balaban J connectivity index is 1.28. The van der Waals surface area contributed by atoms with Crippen LogP contribution in [-0.2, 0) is 13.1 Å². The third-order valence-corrected chi connectivity index (χ3v) is 8.77. The van der Waals surface area contributed by atoms with Crippen LogP contribution in [0, 0.1) is 5.92 Å². The summed E-state index contributed by atoms with van der Waals surface area (Å²) < 4.78 is 2.12. The van der Waals surface area contributed by atoms with Gasteiger partial charge in [0.05, 0.1) is 13.1 Å². The van der Waals surface area contributed by atoms with Crippen LogP contribution in [0.15, 0.2) is 60.7 Å². The lowest BCUT2D eigenvalue weighted by Crippen LogP contribution is -2.39. The molecule has 1 aliphatic carbocycles. The second kappa shape index (κ2) is 10.2. The van der Waals surface area contributed by atoms with Gasteiger partial charge in [-0.1, -0.05) is 56.5 Å². The van der Waals surface area contributed by atoms with E-state index in [0.29, 0.717) is 30.5 Å². The number of aromatic nitrogens is 1. The van der Waals surface area contributed by atoms with Gasteiger partial charge < -0.3 is 14.4 Å². The molecule has 0 radical (unpaired) electrons. The Hall–Kier alpha value is -3.34. The molecule has 0 spiro atoms. The Labute approximate surface area is 220 Å². The van der Waals surface area contributed by atoms with Gasteiger partial charge in [0, 0.05) is 30.0 Å². The van der Waals surface area contributed by atoms with Crippen molar-refractivity contribution in [2.24, 2.45) is 5.92 Å². The van der Waals surface area contributed by atoms with Crippen molar-refractivity contribution in [3.63, 3.8) is 0 Å². The topological polar surface area (TPSA) is 45.6 Å². The van der Waals surface area contributed by atoms with Gasteiger partial charge in [-0.2, -0.15) is 0 Å². The summed E-state index contributed by atoms with van der Waals surface area (Å²) in [7, 11) is 0. The maximum Gasteiger partial charge on any atom is 0.270 e. The minimum absolute atomic E-state index is 0.00943. The summed E-state index contributed by atoms with van der Waals surface area (Å²) in [5.74, 6) is 1.42. The van der Waals surface area contributed by atoms with Crippen LogP contribution in [0.3, 0.4) is 0 Å². The van der Waals surface area contributed by atoms with Gasteiger partial charge in [0.1, 0.15) is 5.69 Å². The third-order valence-electron chi connectivity index (χ3n) is 8.77. The van der Waals surface area contributed by atoms with E-state index in [1.54, 1.807) is 0 Å². The molecule has 2 fully saturated rings. The van der Waals surface area contributed by atoms with Crippen molar-refractivity contribution in [3.8, 4) is 0 Å². The number of benzene rings is 2. The number of likely N-dealkylation sites (tertiary alicyclic amines) is 1. The second-order valence-electron chi connectivity index (χ2n) is 11.2. The lowest BCUT2D eigenvalue weighted by molar-refractivity contribution is 0.0686. The van der Waals surface area contributed by atoms with Crippen molar-refractivity contribution < 1.29 is 9.59 Å². The van der Waals surface area contributed by atoms with Gasteiger partial charge in [-0.3, -0.25) is 9.59 Å². The molecule has 1 saturated carbocycles. The van der Waals surface area contributed by atoms with Crippen LogP contribution in [0.4, 0.5) is 5.69 Å². The zero-order chi connectivity index (χ0) is 25.4. The molecule has 192 valence electrons. The molecule has 3 aliphatic rings. The van der Waals surface area contributed by atoms with Gasteiger partial charge in [-0.15, -0.1) is 0 Å². The largest absolute Gasteiger partial charge is 0.337 e. The van der Waals surface area contributed by atoms with Crippen molar-refractivity contribution in [3.05, 3.63) is 88.7 Å². The van der Waals surface area contributed by atoms with E-state index in [2.05, 4.69) is 29.7 Å². The number of carbonyl (C=O) groups excluding carboxylic acids is 2. The van der Waals surface area contributed by atoms with E-state index in [0.717, 1.165) is 48.6 Å². The Kier molecular flexibility index (Phi) is 6.62. The minimum Gasteiger partial charge on any atom is -0.337 e. The molecule has 2 aliphatic heterocycles. The SMILES string of the molecule is CC1CCN(C(=O)c2ccc3n2Cc2ccccc2N(C(=O)c2ccc(C4CCCCC4)cc2)C3)CC1. The van der Waals surface area contributed by atoms with Crippen LogP contribution >= 0.6 is 0 Å². The standard InChI is InChI=1S/C32H37N3O2/c1-23-17-19-33(20-18-23)32(37)30-16-15-28-22-35(29-10-6-5-9-27(29)21-34(28)30)31(36)26-13-11-25(12-14-26)24-7-3-2-4-8-24/h5-6,9-16,23-24H,2-4,7-8,17-22H2,1H3. The predicted molar refractivity (Wildman–Crippen MR) is 147 cm³/mol. The van der Waals surface area contributed by atoms with E-state index in [1.807, 2.05) is 52.3 Å². The minimum atomic E-state index is 0.00943. The first-order valence-corrected chi connectivity index (χ1v) is 14.1. The first kappa shape index (κ1) is 24.0. The molecule has 1 aromatic heterocycles. The van der Waals surface area contributed by atoms with Crippen molar-refractivity contribution in [1.82, 2.24) is 9.47 Å². The van der Waals surface area contributed by atoms with Gasteiger partial charge in [0.25, 0.3) is 11.8 Å². The maximum absolute atomic E-state index is 13.9. The monoisotopic (exact) mass is 495 g/mol. The second-order valence-corrected chi connectivity index (χ2v) is 11.2. The highest BCUT2D eigenvalue weighted by Crippen LogP contribution is 2.34. The number of anilines is 1. The van der Waals surface area contributed by atoms with Crippen LogP contribution in [0.25, 0.3) is 0 Å². The van der Waals surface area contributed by atoms with E-state index in [1.165, 1.54) is 37.7 Å². The maximum atomic E-state index is 13.9. The fourth-order valence-electron chi connectivity index (χ4n) is 6.39. The smallest absolute Gasteiger partial charge is 0.270 e. The highest BCUT2D eigenvalue weighted by Gasteiger charge is 2.29. The normalized spacial score (nSPS) is 18.7. The summed E-state index contributed by atoms with van der Waals surface area (Å²) in [6.07, 6.45) is 8.57. The molecule has 0 atom stereocenters. The van der Waals surface area contributed by atoms with Crippen molar-refractivity contribution in [1.29, 1.82) is 0 Å².